The largest absolute Gasteiger partial charge is 0.465 e. The molecular weight excluding hydrogens is 272 g/mol. The number of rotatable bonds is 5. The summed E-state index contributed by atoms with van der Waals surface area (Å²) >= 11 is 0. The SMILES string of the molecule is COC(=O)c1cccc(N(CC(=O)NC2CC2)C(C)=O)c1. The lowest BCUT2D eigenvalue weighted by Gasteiger charge is -2.21. The number of carbonyl (C=O) groups is 3. The number of nitrogens with zero attached hydrogens (tertiary/aromatic N) is 1. The van der Waals surface area contributed by atoms with Crippen molar-refractivity contribution in [2.24, 2.45) is 0 Å². The van der Waals surface area contributed by atoms with Crippen LogP contribution >= 0.6 is 0 Å². The Hall–Kier alpha value is -2.37. The van der Waals surface area contributed by atoms with Crippen LogP contribution in [0, 0.1) is 0 Å². The Morgan fingerprint density at radius 1 is 1.33 bits per heavy atom. The Kier molecular flexibility index (Phi) is 4.57. The fourth-order valence-electron chi connectivity index (χ4n) is 1.95. The summed E-state index contributed by atoms with van der Waals surface area (Å²) in [5.74, 6) is -0.943. The number of amides is 2. The second kappa shape index (κ2) is 6.39. The van der Waals surface area contributed by atoms with Crippen molar-refractivity contribution >= 4 is 23.5 Å². The van der Waals surface area contributed by atoms with Gasteiger partial charge in [-0.3, -0.25) is 9.59 Å². The standard InChI is InChI=1S/C15H18N2O4/c1-10(18)17(9-14(19)16-12-6-7-12)13-5-3-4-11(8-13)15(20)21-2/h3-5,8,12H,6-7,9H2,1-2H3,(H,16,19). The van der Waals surface area contributed by atoms with Gasteiger partial charge in [-0.15, -0.1) is 0 Å². The molecule has 0 radical (unpaired) electrons. The van der Waals surface area contributed by atoms with Gasteiger partial charge in [-0.1, -0.05) is 6.07 Å². The molecule has 0 heterocycles. The minimum absolute atomic E-state index is 0.0591. The lowest BCUT2D eigenvalue weighted by Crippen LogP contribution is -2.40. The third-order valence-electron chi connectivity index (χ3n) is 3.20. The molecule has 21 heavy (non-hydrogen) atoms. The predicted octanol–water partition coefficient (Wildman–Crippen LogP) is 1.10. The number of ether oxygens (including phenoxy) is 1. The van der Waals surface area contributed by atoms with Crippen LogP contribution in [0.5, 0.6) is 0 Å². The molecule has 1 aliphatic rings. The number of esters is 1. The molecule has 2 rings (SSSR count). The first-order valence-electron chi connectivity index (χ1n) is 6.77. The second-order valence-electron chi connectivity index (χ2n) is 4.99. The molecule has 1 saturated carbocycles. The minimum atomic E-state index is -0.484. The monoisotopic (exact) mass is 290 g/mol. The molecule has 0 atom stereocenters. The van der Waals surface area contributed by atoms with Gasteiger partial charge >= 0.3 is 5.97 Å². The van der Waals surface area contributed by atoms with Crippen LogP contribution in [-0.4, -0.2) is 37.5 Å². The summed E-state index contributed by atoms with van der Waals surface area (Å²) in [5.41, 5.74) is 0.834. The predicted molar refractivity (Wildman–Crippen MR) is 77.0 cm³/mol. The van der Waals surface area contributed by atoms with Crippen LogP contribution in [0.2, 0.25) is 0 Å². The molecule has 0 aromatic heterocycles. The number of methoxy groups -OCH3 is 1. The van der Waals surface area contributed by atoms with Crippen molar-refractivity contribution in [3.63, 3.8) is 0 Å². The zero-order valence-electron chi connectivity index (χ0n) is 12.1. The summed E-state index contributed by atoms with van der Waals surface area (Å²) in [7, 11) is 1.29. The number of hydrogen-bond acceptors (Lipinski definition) is 4. The Morgan fingerprint density at radius 3 is 2.62 bits per heavy atom. The van der Waals surface area contributed by atoms with E-state index in [1.54, 1.807) is 18.2 Å². The van der Waals surface area contributed by atoms with Gasteiger partial charge in [0.2, 0.25) is 11.8 Å². The van der Waals surface area contributed by atoms with Gasteiger partial charge in [-0.05, 0) is 31.0 Å². The molecule has 1 aromatic carbocycles. The number of nitrogens with one attached hydrogen (secondary N) is 1. The molecule has 0 saturated heterocycles. The van der Waals surface area contributed by atoms with Crippen molar-refractivity contribution in [3.05, 3.63) is 29.8 Å². The van der Waals surface area contributed by atoms with E-state index in [0.717, 1.165) is 12.8 Å². The summed E-state index contributed by atoms with van der Waals surface area (Å²) < 4.78 is 4.65. The minimum Gasteiger partial charge on any atom is -0.465 e. The van der Waals surface area contributed by atoms with Crippen LogP contribution in [0.1, 0.15) is 30.1 Å². The Morgan fingerprint density at radius 2 is 2.05 bits per heavy atom. The summed E-state index contributed by atoms with van der Waals surface area (Å²) in [6.45, 7) is 1.33. The van der Waals surface area contributed by atoms with Gasteiger partial charge in [-0.25, -0.2) is 4.79 Å². The van der Waals surface area contributed by atoms with Crippen molar-refractivity contribution in [2.45, 2.75) is 25.8 Å². The molecule has 1 N–H and O–H groups in total. The molecule has 0 bridgehead atoms. The summed E-state index contributed by atoms with van der Waals surface area (Å²) in [6, 6.07) is 6.71. The molecular formula is C15H18N2O4. The Bertz CT molecular complexity index is 567. The maximum Gasteiger partial charge on any atom is 0.337 e. The zero-order valence-corrected chi connectivity index (χ0v) is 12.1. The highest BCUT2D eigenvalue weighted by Gasteiger charge is 2.25. The van der Waals surface area contributed by atoms with E-state index in [1.165, 1.54) is 25.0 Å². The first kappa shape index (κ1) is 15.0. The van der Waals surface area contributed by atoms with Crippen LogP contribution in [0.4, 0.5) is 5.69 Å². The molecule has 1 fully saturated rings. The third kappa shape index (κ3) is 4.05. The summed E-state index contributed by atoms with van der Waals surface area (Å²) in [5, 5.41) is 2.83. The van der Waals surface area contributed by atoms with Gasteiger partial charge in [0.05, 0.1) is 12.7 Å². The van der Waals surface area contributed by atoms with Crippen LogP contribution < -0.4 is 10.2 Å². The first-order valence-corrected chi connectivity index (χ1v) is 6.77. The highest BCUT2D eigenvalue weighted by molar-refractivity contribution is 5.99. The van der Waals surface area contributed by atoms with Gasteiger partial charge in [0.15, 0.2) is 0 Å². The van der Waals surface area contributed by atoms with Crippen molar-refractivity contribution in [3.8, 4) is 0 Å². The Balaban J connectivity index is 2.15. The molecule has 2 amide bonds. The van der Waals surface area contributed by atoms with Crippen LogP contribution in [0.3, 0.4) is 0 Å². The topological polar surface area (TPSA) is 75.7 Å². The van der Waals surface area contributed by atoms with E-state index in [1.807, 2.05) is 0 Å². The van der Waals surface area contributed by atoms with E-state index in [0.29, 0.717) is 11.3 Å². The van der Waals surface area contributed by atoms with E-state index in [4.69, 9.17) is 0 Å². The van der Waals surface area contributed by atoms with Crippen LogP contribution in [0.25, 0.3) is 0 Å². The van der Waals surface area contributed by atoms with Crippen LogP contribution in [0.15, 0.2) is 24.3 Å². The fraction of sp³-hybridized carbons (Fsp3) is 0.400. The van der Waals surface area contributed by atoms with Crippen molar-refractivity contribution < 1.29 is 19.1 Å². The first-order chi connectivity index (χ1) is 10.0. The maximum absolute atomic E-state index is 11.9. The molecule has 112 valence electrons. The zero-order chi connectivity index (χ0) is 15.4. The van der Waals surface area contributed by atoms with Gasteiger partial charge < -0.3 is 15.0 Å². The number of carbonyl (C=O) groups excluding carboxylic acids is 3. The molecule has 0 aliphatic heterocycles. The average molecular weight is 290 g/mol. The van der Waals surface area contributed by atoms with E-state index >= 15 is 0 Å². The average Bonchev–Trinajstić information content (AvgIpc) is 3.27. The second-order valence-corrected chi connectivity index (χ2v) is 4.99. The van der Waals surface area contributed by atoms with E-state index in [9.17, 15) is 14.4 Å². The molecule has 0 spiro atoms. The van der Waals surface area contributed by atoms with Gasteiger partial charge in [0.25, 0.3) is 0 Å². The number of anilines is 1. The fourth-order valence-corrected chi connectivity index (χ4v) is 1.95. The lowest BCUT2D eigenvalue weighted by atomic mass is 10.2. The quantitative estimate of drug-likeness (QED) is 0.824. The van der Waals surface area contributed by atoms with E-state index in [2.05, 4.69) is 10.1 Å². The summed E-state index contributed by atoms with van der Waals surface area (Å²) in [6.07, 6.45) is 1.98. The normalized spacial score (nSPS) is 13.4. The highest BCUT2D eigenvalue weighted by Crippen LogP contribution is 2.20. The smallest absolute Gasteiger partial charge is 0.337 e. The van der Waals surface area contributed by atoms with Crippen molar-refractivity contribution in [1.82, 2.24) is 5.32 Å². The maximum atomic E-state index is 11.9. The van der Waals surface area contributed by atoms with Crippen molar-refractivity contribution in [1.29, 1.82) is 0 Å². The van der Waals surface area contributed by atoms with E-state index in [-0.39, 0.29) is 24.4 Å². The Labute approximate surface area is 123 Å². The molecule has 0 unspecified atom stereocenters. The molecule has 1 aromatic rings. The number of benzene rings is 1. The number of hydrogen-bond donors (Lipinski definition) is 1. The van der Waals surface area contributed by atoms with E-state index < -0.39 is 5.97 Å². The molecule has 1 aliphatic carbocycles. The van der Waals surface area contributed by atoms with Crippen LogP contribution in [-0.2, 0) is 14.3 Å². The molecule has 6 nitrogen and oxygen atoms in total. The summed E-state index contributed by atoms with van der Waals surface area (Å²) in [4.78, 5) is 36.5. The molecule has 6 heteroatoms. The van der Waals surface area contributed by atoms with Gasteiger partial charge in [0, 0.05) is 18.7 Å². The van der Waals surface area contributed by atoms with Crippen molar-refractivity contribution in [2.75, 3.05) is 18.6 Å². The lowest BCUT2D eigenvalue weighted by molar-refractivity contribution is -0.123. The third-order valence-corrected chi connectivity index (χ3v) is 3.20. The highest BCUT2D eigenvalue weighted by atomic mass is 16.5. The van der Waals surface area contributed by atoms with Gasteiger partial charge in [0.1, 0.15) is 6.54 Å². The van der Waals surface area contributed by atoms with Gasteiger partial charge in [-0.2, -0.15) is 0 Å².